The molecule has 6 aromatic rings. The highest BCUT2D eigenvalue weighted by Crippen LogP contribution is 2.60. The van der Waals surface area contributed by atoms with E-state index in [1.807, 2.05) is 95.9 Å². The Morgan fingerprint density at radius 2 is 1.54 bits per heavy atom. The number of amides is 2. The predicted molar refractivity (Wildman–Crippen MR) is 225 cm³/mol. The summed E-state index contributed by atoms with van der Waals surface area (Å²) in [5.74, 6) is 0.493. The monoisotopic (exact) mass is 791 g/mol. The molecular formula is C48H49N5O6. The summed E-state index contributed by atoms with van der Waals surface area (Å²) in [6.45, 7) is 7.33. The van der Waals surface area contributed by atoms with Crippen LogP contribution in [0.5, 0.6) is 11.5 Å². The molecule has 302 valence electrons. The van der Waals surface area contributed by atoms with Crippen LogP contribution in [0.4, 0.5) is 11.4 Å². The zero-order valence-corrected chi connectivity index (χ0v) is 33.9. The smallest absolute Gasteiger partial charge is 0.264 e. The van der Waals surface area contributed by atoms with E-state index >= 15 is 4.79 Å². The zero-order chi connectivity index (χ0) is 41.3. The van der Waals surface area contributed by atoms with E-state index in [1.165, 1.54) is 0 Å². The first-order valence-electron chi connectivity index (χ1n) is 19.9. The lowest BCUT2D eigenvalue weighted by Crippen LogP contribution is -2.45. The molecule has 2 aliphatic heterocycles. The van der Waals surface area contributed by atoms with Crippen molar-refractivity contribution in [1.82, 2.24) is 15.0 Å². The van der Waals surface area contributed by atoms with Gasteiger partial charge in [0.15, 0.2) is 5.60 Å². The molecule has 1 fully saturated rings. The second-order valence-corrected chi connectivity index (χ2v) is 16.0. The molecule has 2 amide bonds. The fourth-order valence-electron chi connectivity index (χ4n) is 9.14. The molecule has 5 atom stereocenters. The molecule has 1 saturated heterocycles. The number of carbonyl (C=O) groups excluding carboxylic acids is 2. The fourth-order valence-corrected chi connectivity index (χ4v) is 9.14. The number of aliphatic hydroxyl groups is 1. The Morgan fingerprint density at radius 1 is 0.898 bits per heavy atom. The number of benzene rings is 5. The van der Waals surface area contributed by atoms with Gasteiger partial charge in [0.05, 0.1) is 38.8 Å². The lowest BCUT2D eigenvalue weighted by Gasteiger charge is -2.38. The number of anilines is 2. The molecule has 1 aromatic heterocycles. The van der Waals surface area contributed by atoms with Crippen molar-refractivity contribution in [2.75, 3.05) is 24.4 Å². The van der Waals surface area contributed by atoms with Crippen molar-refractivity contribution in [3.05, 3.63) is 167 Å². The van der Waals surface area contributed by atoms with E-state index in [2.05, 4.69) is 48.5 Å². The van der Waals surface area contributed by atoms with Crippen LogP contribution < -0.4 is 19.7 Å². The number of ether oxygens (including phenoxy) is 3. The maximum absolute atomic E-state index is 15.4. The number of aryl methyl sites for hydroxylation is 1. The van der Waals surface area contributed by atoms with Gasteiger partial charge < -0.3 is 29.5 Å². The van der Waals surface area contributed by atoms with E-state index in [-0.39, 0.29) is 23.7 Å². The van der Waals surface area contributed by atoms with Gasteiger partial charge in [0.25, 0.3) is 11.8 Å². The number of aromatic nitrogens is 3. The normalized spacial score (nSPS) is 20.4. The first kappa shape index (κ1) is 39.5. The van der Waals surface area contributed by atoms with Gasteiger partial charge in [0.1, 0.15) is 23.3 Å². The fraction of sp³-hybridized carbons (Fsp3) is 0.292. The second-order valence-electron chi connectivity index (χ2n) is 16.0. The lowest BCUT2D eigenvalue weighted by atomic mass is 9.63. The van der Waals surface area contributed by atoms with E-state index in [0.717, 1.165) is 28.1 Å². The summed E-state index contributed by atoms with van der Waals surface area (Å²) >= 11 is 0. The maximum Gasteiger partial charge on any atom is 0.264 e. The molecule has 2 aliphatic rings. The number of hydrogen-bond donors (Lipinski definition) is 2. The summed E-state index contributed by atoms with van der Waals surface area (Å²) in [6.07, 6.45) is 0.945. The van der Waals surface area contributed by atoms with Crippen molar-refractivity contribution in [2.45, 2.75) is 63.5 Å². The van der Waals surface area contributed by atoms with Crippen molar-refractivity contribution in [2.24, 2.45) is 11.8 Å². The standard InChI is InChI=1S/C48H49N5O6/c1-31-43(47(2,3)35-18-23-38(58-5)24-19-35)42(26-27-52-30-40(50-51-52)44(54)33-14-10-7-11-15-33)59-48(31)39-28-36(49-45(55)34-16-21-37(57-4)22-17-34)20-25-41(39)53(46(48)56)29-32-12-8-6-9-13-32/h6-25,28,30-31,42-44,54H,26-27,29H2,1-5H3,(H,49,55)/t31-,42+,43-,44+,48+/m0/s1. The molecule has 0 radical (unpaired) electrons. The van der Waals surface area contributed by atoms with Crippen molar-refractivity contribution < 1.29 is 28.9 Å². The molecule has 0 bridgehead atoms. The first-order chi connectivity index (χ1) is 28.5. The van der Waals surface area contributed by atoms with E-state index in [0.29, 0.717) is 47.8 Å². The van der Waals surface area contributed by atoms with Gasteiger partial charge in [-0.2, -0.15) is 0 Å². The topological polar surface area (TPSA) is 128 Å². The Labute approximate surface area is 344 Å². The van der Waals surface area contributed by atoms with Crippen LogP contribution in [0.1, 0.15) is 71.6 Å². The number of nitrogens with one attached hydrogen (secondary N) is 1. The molecule has 2 N–H and O–H groups in total. The zero-order valence-electron chi connectivity index (χ0n) is 33.9. The number of nitrogens with zero attached hydrogens (tertiary/aromatic N) is 4. The van der Waals surface area contributed by atoms with Crippen LogP contribution in [0.2, 0.25) is 0 Å². The average molecular weight is 792 g/mol. The first-order valence-corrected chi connectivity index (χ1v) is 19.9. The number of hydrogen-bond acceptors (Lipinski definition) is 8. The highest BCUT2D eigenvalue weighted by atomic mass is 16.5. The van der Waals surface area contributed by atoms with Crippen molar-refractivity contribution >= 4 is 23.2 Å². The van der Waals surface area contributed by atoms with Gasteiger partial charge in [-0.05, 0) is 83.1 Å². The maximum atomic E-state index is 15.4. The Kier molecular flexibility index (Phi) is 10.8. The summed E-state index contributed by atoms with van der Waals surface area (Å²) in [7, 11) is 3.24. The van der Waals surface area contributed by atoms with Gasteiger partial charge in [-0.15, -0.1) is 5.10 Å². The summed E-state index contributed by atoms with van der Waals surface area (Å²) in [4.78, 5) is 30.7. The van der Waals surface area contributed by atoms with E-state index in [4.69, 9.17) is 14.2 Å². The Hall–Kier alpha value is -6.30. The largest absolute Gasteiger partial charge is 0.497 e. The number of rotatable bonds is 13. The number of fused-ring (bicyclic) bond motifs is 2. The molecule has 0 saturated carbocycles. The Bertz CT molecular complexity index is 2420. The molecule has 5 aromatic carbocycles. The van der Waals surface area contributed by atoms with Crippen LogP contribution in [-0.4, -0.2) is 52.2 Å². The Balaban J connectivity index is 1.18. The van der Waals surface area contributed by atoms with Gasteiger partial charge >= 0.3 is 0 Å². The van der Waals surface area contributed by atoms with Crippen LogP contribution in [0.3, 0.4) is 0 Å². The minimum absolute atomic E-state index is 0.144. The third-order valence-electron chi connectivity index (χ3n) is 12.2. The minimum atomic E-state index is -1.37. The summed E-state index contributed by atoms with van der Waals surface area (Å²) in [5, 5.41) is 22.8. The van der Waals surface area contributed by atoms with Gasteiger partial charge in [-0.1, -0.05) is 98.8 Å². The third-order valence-corrected chi connectivity index (χ3v) is 12.2. The van der Waals surface area contributed by atoms with Crippen molar-refractivity contribution in [1.29, 1.82) is 0 Å². The molecule has 0 aliphatic carbocycles. The van der Waals surface area contributed by atoms with Crippen LogP contribution in [0.25, 0.3) is 0 Å². The molecule has 11 heteroatoms. The highest BCUT2D eigenvalue weighted by Gasteiger charge is 2.66. The summed E-state index contributed by atoms with van der Waals surface area (Å²) in [5.41, 5.74) is 3.87. The van der Waals surface area contributed by atoms with E-state index in [1.54, 1.807) is 49.4 Å². The average Bonchev–Trinajstić information content (AvgIpc) is 3.93. The van der Waals surface area contributed by atoms with Gasteiger partial charge in [-0.3, -0.25) is 14.3 Å². The predicted octanol–water partition coefficient (Wildman–Crippen LogP) is 8.09. The number of carbonyl (C=O) groups is 2. The van der Waals surface area contributed by atoms with E-state index < -0.39 is 23.2 Å². The van der Waals surface area contributed by atoms with Gasteiger partial charge in [0.2, 0.25) is 0 Å². The molecule has 1 spiro atoms. The molecule has 8 rings (SSSR count). The van der Waals surface area contributed by atoms with E-state index in [9.17, 15) is 9.90 Å². The van der Waals surface area contributed by atoms with Gasteiger partial charge in [-0.25, -0.2) is 0 Å². The van der Waals surface area contributed by atoms with Crippen LogP contribution >= 0.6 is 0 Å². The highest BCUT2D eigenvalue weighted by molar-refractivity contribution is 6.09. The molecular weight excluding hydrogens is 743 g/mol. The number of aliphatic hydroxyl groups excluding tert-OH is 1. The SMILES string of the molecule is COc1ccc(C(=O)Nc2ccc3c(c2)[C@@]2(O[C@H](CCn4cc([C@H](O)c5ccccc5)nn4)[C@@H](C(C)(C)c4ccc(OC)cc4)[C@@H]2C)C(=O)N3Cc2ccccc2)cc1. The summed E-state index contributed by atoms with van der Waals surface area (Å²) < 4.78 is 19.9. The quantitative estimate of drug-likeness (QED) is 0.120. The molecule has 11 nitrogen and oxygen atoms in total. The van der Waals surface area contributed by atoms with Gasteiger partial charge in [0, 0.05) is 35.2 Å². The Morgan fingerprint density at radius 3 is 2.20 bits per heavy atom. The van der Waals surface area contributed by atoms with Crippen LogP contribution in [-0.2, 0) is 33.6 Å². The lowest BCUT2D eigenvalue weighted by molar-refractivity contribution is -0.146. The minimum Gasteiger partial charge on any atom is -0.497 e. The number of methoxy groups -OCH3 is 2. The van der Waals surface area contributed by atoms with Crippen LogP contribution in [0.15, 0.2) is 134 Å². The molecule has 0 unspecified atom stereocenters. The second kappa shape index (κ2) is 16.2. The molecule has 3 heterocycles. The van der Waals surface area contributed by atoms with Crippen molar-refractivity contribution in [3.8, 4) is 11.5 Å². The van der Waals surface area contributed by atoms with Crippen molar-refractivity contribution in [3.63, 3.8) is 0 Å². The van der Waals surface area contributed by atoms with Crippen LogP contribution in [0, 0.1) is 11.8 Å². The summed E-state index contributed by atoms with van der Waals surface area (Å²) in [6, 6.07) is 40.0. The third kappa shape index (κ3) is 7.36. The molecule has 59 heavy (non-hydrogen) atoms.